The Labute approximate surface area is 115 Å². The second-order valence-corrected chi connectivity index (χ2v) is 5.65. The monoisotopic (exact) mass is 260 g/mol. The van der Waals surface area contributed by atoms with Crippen molar-refractivity contribution in [1.29, 1.82) is 0 Å². The number of nitrogens with one attached hydrogen (secondary N) is 1. The Hall–Kier alpha value is -1.22. The number of ether oxygens (including phenoxy) is 1. The summed E-state index contributed by atoms with van der Waals surface area (Å²) in [5.74, 6) is 0.873. The van der Waals surface area contributed by atoms with Crippen molar-refractivity contribution < 1.29 is 4.74 Å². The zero-order valence-electron chi connectivity index (χ0n) is 11.6. The van der Waals surface area contributed by atoms with Crippen molar-refractivity contribution in [3.63, 3.8) is 0 Å². The van der Waals surface area contributed by atoms with Gasteiger partial charge in [0, 0.05) is 19.6 Å². The van der Waals surface area contributed by atoms with E-state index in [1.165, 1.54) is 37.1 Å². The van der Waals surface area contributed by atoms with Gasteiger partial charge in [-0.3, -0.25) is 0 Å². The van der Waals surface area contributed by atoms with Gasteiger partial charge < -0.3 is 15.0 Å². The van der Waals surface area contributed by atoms with E-state index < -0.39 is 0 Å². The highest BCUT2D eigenvalue weighted by Crippen LogP contribution is 2.29. The highest BCUT2D eigenvalue weighted by molar-refractivity contribution is 5.70. The van der Waals surface area contributed by atoms with E-state index in [2.05, 4.69) is 34.5 Å². The lowest BCUT2D eigenvalue weighted by Crippen LogP contribution is -2.36. The smallest absolute Gasteiger partial charge is 0.0642 e. The van der Waals surface area contributed by atoms with Gasteiger partial charge in [-0.2, -0.15) is 0 Å². The number of para-hydroxylation sites is 2. The lowest BCUT2D eigenvalue weighted by atomic mass is 10.1. The van der Waals surface area contributed by atoms with Crippen molar-refractivity contribution in [2.24, 2.45) is 5.92 Å². The average Bonchev–Trinajstić information content (AvgIpc) is 3.00. The van der Waals surface area contributed by atoms with E-state index in [0.29, 0.717) is 0 Å². The van der Waals surface area contributed by atoms with Crippen LogP contribution in [0.1, 0.15) is 25.7 Å². The molecule has 0 unspecified atom stereocenters. The van der Waals surface area contributed by atoms with Crippen LogP contribution in [0.4, 0.5) is 11.4 Å². The van der Waals surface area contributed by atoms with E-state index in [-0.39, 0.29) is 0 Å². The number of nitrogens with zero attached hydrogens (tertiary/aromatic N) is 1. The molecular weight excluding hydrogens is 236 g/mol. The second-order valence-electron chi connectivity index (χ2n) is 5.65. The van der Waals surface area contributed by atoms with Crippen molar-refractivity contribution in [2.45, 2.75) is 25.7 Å². The Bertz CT molecular complexity index is 395. The molecule has 0 radical (unpaired) electrons. The number of hydrogen-bond donors (Lipinski definition) is 1. The van der Waals surface area contributed by atoms with Crippen molar-refractivity contribution in [1.82, 2.24) is 0 Å². The van der Waals surface area contributed by atoms with Gasteiger partial charge in [-0.05, 0) is 30.9 Å². The molecule has 1 aromatic carbocycles. The maximum Gasteiger partial charge on any atom is 0.0642 e. The lowest BCUT2D eigenvalue weighted by molar-refractivity contribution is 0.123. The van der Waals surface area contributed by atoms with Gasteiger partial charge in [0.2, 0.25) is 0 Å². The van der Waals surface area contributed by atoms with Gasteiger partial charge in [-0.15, -0.1) is 0 Å². The van der Waals surface area contributed by atoms with E-state index in [9.17, 15) is 0 Å². The van der Waals surface area contributed by atoms with E-state index in [0.717, 1.165) is 38.8 Å². The minimum atomic E-state index is 0.844. The molecule has 0 aromatic heterocycles. The van der Waals surface area contributed by atoms with Gasteiger partial charge in [0.1, 0.15) is 0 Å². The minimum Gasteiger partial charge on any atom is -0.383 e. The average molecular weight is 260 g/mol. The molecule has 3 rings (SSSR count). The summed E-state index contributed by atoms with van der Waals surface area (Å²) in [6, 6.07) is 8.69. The number of morpholine rings is 1. The van der Waals surface area contributed by atoms with Crippen LogP contribution in [0.3, 0.4) is 0 Å². The van der Waals surface area contributed by atoms with E-state index in [1.807, 2.05) is 0 Å². The first-order valence-electron chi connectivity index (χ1n) is 7.59. The number of hydrogen-bond acceptors (Lipinski definition) is 3. The number of benzene rings is 1. The van der Waals surface area contributed by atoms with Crippen LogP contribution in [0.5, 0.6) is 0 Å². The van der Waals surface area contributed by atoms with Gasteiger partial charge in [0.05, 0.1) is 24.6 Å². The third kappa shape index (κ3) is 3.21. The predicted octanol–water partition coefficient (Wildman–Crippen LogP) is 3.13. The van der Waals surface area contributed by atoms with Crippen molar-refractivity contribution in [3.05, 3.63) is 24.3 Å². The third-order valence-corrected chi connectivity index (χ3v) is 4.31. The summed E-state index contributed by atoms with van der Waals surface area (Å²) in [6.45, 7) is 4.82. The molecule has 0 amide bonds. The fourth-order valence-electron chi connectivity index (χ4n) is 3.17. The zero-order chi connectivity index (χ0) is 12.9. The summed E-state index contributed by atoms with van der Waals surface area (Å²) in [5, 5.41) is 3.67. The van der Waals surface area contributed by atoms with Gasteiger partial charge in [0.15, 0.2) is 0 Å². The number of rotatable bonds is 4. The molecule has 104 valence electrons. The van der Waals surface area contributed by atoms with E-state index in [4.69, 9.17) is 4.74 Å². The predicted molar refractivity (Wildman–Crippen MR) is 79.9 cm³/mol. The molecule has 1 heterocycles. The molecule has 1 aliphatic carbocycles. The molecule has 0 atom stereocenters. The third-order valence-electron chi connectivity index (χ3n) is 4.31. The molecule has 1 saturated heterocycles. The topological polar surface area (TPSA) is 24.5 Å². The first-order chi connectivity index (χ1) is 9.43. The summed E-state index contributed by atoms with van der Waals surface area (Å²) < 4.78 is 5.44. The van der Waals surface area contributed by atoms with Gasteiger partial charge >= 0.3 is 0 Å². The summed E-state index contributed by atoms with van der Waals surface area (Å²) in [5.41, 5.74) is 2.63. The zero-order valence-corrected chi connectivity index (χ0v) is 11.6. The van der Waals surface area contributed by atoms with Gasteiger partial charge in [-0.25, -0.2) is 0 Å². The molecule has 1 aliphatic heterocycles. The maximum absolute atomic E-state index is 5.44. The summed E-state index contributed by atoms with van der Waals surface area (Å²) in [4.78, 5) is 2.43. The molecule has 1 aromatic rings. The molecule has 19 heavy (non-hydrogen) atoms. The van der Waals surface area contributed by atoms with Crippen LogP contribution in [0, 0.1) is 5.92 Å². The Morgan fingerprint density at radius 2 is 1.84 bits per heavy atom. The molecule has 1 N–H and O–H groups in total. The summed E-state index contributed by atoms with van der Waals surface area (Å²) >= 11 is 0. The fourth-order valence-corrected chi connectivity index (χ4v) is 3.17. The first-order valence-corrected chi connectivity index (χ1v) is 7.59. The quantitative estimate of drug-likeness (QED) is 0.900. The largest absolute Gasteiger partial charge is 0.383 e. The van der Waals surface area contributed by atoms with Crippen LogP contribution in [0.2, 0.25) is 0 Å². The molecule has 3 nitrogen and oxygen atoms in total. The van der Waals surface area contributed by atoms with Gasteiger partial charge in [0.25, 0.3) is 0 Å². The van der Waals surface area contributed by atoms with Crippen LogP contribution < -0.4 is 10.2 Å². The standard InChI is InChI=1S/C16H24N2O/c1-2-6-14(5-1)13-17-15-7-3-4-8-16(15)18-9-11-19-12-10-18/h3-4,7-8,14,17H,1-2,5-6,9-13H2. The lowest BCUT2D eigenvalue weighted by Gasteiger charge is -2.31. The van der Waals surface area contributed by atoms with Gasteiger partial charge in [-0.1, -0.05) is 25.0 Å². The van der Waals surface area contributed by atoms with Crippen LogP contribution in [-0.2, 0) is 4.74 Å². The molecule has 0 bridgehead atoms. The highest BCUT2D eigenvalue weighted by Gasteiger charge is 2.17. The normalized spacial score (nSPS) is 20.7. The second kappa shape index (κ2) is 6.29. The van der Waals surface area contributed by atoms with Crippen LogP contribution in [0.25, 0.3) is 0 Å². The minimum absolute atomic E-state index is 0.844. The van der Waals surface area contributed by atoms with Crippen LogP contribution >= 0.6 is 0 Å². The van der Waals surface area contributed by atoms with Crippen molar-refractivity contribution >= 4 is 11.4 Å². The Morgan fingerprint density at radius 3 is 2.63 bits per heavy atom. The van der Waals surface area contributed by atoms with Crippen molar-refractivity contribution in [3.8, 4) is 0 Å². The summed E-state index contributed by atoms with van der Waals surface area (Å²) in [6.07, 6.45) is 5.62. The molecule has 0 spiro atoms. The molecule has 3 heteroatoms. The Kier molecular flexibility index (Phi) is 4.23. The SMILES string of the molecule is c1ccc(N2CCOCC2)c(NCC2CCCC2)c1. The Balaban J connectivity index is 1.65. The van der Waals surface area contributed by atoms with Crippen molar-refractivity contribution in [2.75, 3.05) is 43.1 Å². The fraction of sp³-hybridized carbons (Fsp3) is 0.625. The summed E-state index contributed by atoms with van der Waals surface area (Å²) in [7, 11) is 0. The van der Waals surface area contributed by atoms with Crippen LogP contribution in [0.15, 0.2) is 24.3 Å². The molecule has 2 fully saturated rings. The van der Waals surface area contributed by atoms with Crippen LogP contribution in [-0.4, -0.2) is 32.8 Å². The number of anilines is 2. The Morgan fingerprint density at radius 1 is 1.11 bits per heavy atom. The highest BCUT2D eigenvalue weighted by atomic mass is 16.5. The van der Waals surface area contributed by atoms with E-state index >= 15 is 0 Å². The maximum atomic E-state index is 5.44. The molecular formula is C16H24N2O. The molecule has 2 aliphatic rings. The first kappa shape index (κ1) is 12.8. The molecule has 1 saturated carbocycles. The van der Waals surface area contributed by atoms with E-state index in [1.54, 1.807) is 0 Å².